The van der Waals surface area contributed by atoms with Crippen molar-refractivity contribution >= 4 is 46.7 Å². The maximum atomic E-state index is 13.2. The average molecular weight is 525 g/mol. The average Bonchev–Trinajstić information content (AvgIpc) is 3.54. The molecule has 0 radical (unpaired) electrons. The van der Waals surface area contributed by atoms with Crippen molar-refractivity contribution in [1.82, 2.24) is 16.0 Å². The van der Waals surface area contributed by atoms with E-state index in [1.807, 2.05) is 6.92 Å². The first-order valence-corrected chi connectivity index (χ1v) is 12.2. The molecule has 3 atom stereocenters. The van der Waals surface area contributed by atoms with Crippen LogP contribution in [0.25, 0.3) is 0 Å². The SMILES string of the molecule is C[C@@H]1C[C@@H](CC(NC(=O)c2cc(Cl)ccc2NC(=O)C2CC(F)(F)C2)C(=O)C(=O)NC2CC2)C(=O)N1. The minimum atomic E-state index is -2.89. The highest BCUT2D eigenvalue weighted by Gasteiger charge is 2.48. The van der Waals surface area contributed by atoms with Crippen LogP contribution >= 0.6 is 11.6 Å². The molecule has 0 spiro atoms. The normalized spacial score (nSPS) is 23.7. The molecule has 2 aliphatic carbocycles. The maximum Gasteiger partial charge on any atom is 0.289 e. The van der Waals surface area contributed by atoms with Crippen LogP contribution in [-0.4, -0.2) is 53.5 Å². The van der Waals surface area contributed by atoms with Crippen LogP contribution in [-0.2, 0) is 19.2 Å². The van der Waals surface area contributed by atoms with E-state index in [9.17, 15) is 32.8 Å². The molecule has 36 heavy (non-hydrogen) atoms. The fourth-order valence-electron chi connectivity index (χ4n) is 4.45. The molecule has 1 aliphatic heterocycles. The number of carbonyl (C=O) groups is 5. The molecule has 3 fully saturated rings. The highest BCUT2D eigenvalue weighted by atomic mass is 35.5. The van der Waals surface area contributed by atoms with Crippen molar-refractivity contribution < 1.29 is 32.8 Å². The van der Waals surface area contributed by atoms with Gasteiger partial charge in [0.05, 0.1) is 17.3 Å². The van der Waals surface area contributed by atoms with Gasteiger partial charge in [0, 0.05) is 41.8 Å². The second-order valence-corrected chi connectivity index (χ2v) is 10.3. The zero-order valence-electron chi connectivity index (χ0n) is 19.5. The Labute approximate surface area is 211 Å². The van der Waals surface area contributed by atoms with Crippen LogP contribution in [0.15, 0.2) is 18.2 Å². The predicted molar refractivity (Wildman–Crippen MR) is 126 cm³/mol. The zero-order valence-corrected chi connectivity index (χ0v) is 20.3. The summed E-state index contributed by atoms with van der Waals surface area (Å²) in [6, 6.07) is 2.54. The van der Waals surface area contributed by atoms with Crippen molar-refractivity contribution in [3.8, 4) is 0 Å². The Morgan fingerprint density at radius 1 is 1.19 bits per heavy atom. The molecule has 0 bridgehead atoms. The van der Waals surface area contributed by atoms with E-state index < -0.39 is 60.1 Å². The largest absolute Gasteiger partial charge is 0.353 e. The molecule has 1 unspecified atom stereocenters. The zero-order chi connectivity index (χ0) is 26.2. The van der Waals surface area contributed by atoms with Crippen LogP contribution in [0.5, 0.6) is 0 Å². The molecule has 0 aromatic heterocycles. The van der Waals surface area contributed by atoms with E-state index in [1.165, 1.54) is 18.2 Å². The third-order valence-electron chi connectivity index (χ3n) is 6.62. The van der Waals surface area contributed by atoms with E-state index in [0.717, 1.165) is 12.8 Å². The first-order chi connectivity index (χ1) is 16.9. The van der Waals surface area contributed by atoms with Crippen LogP contribution in [0.1, 0.15) is 55.8 Å². The van der Waals surface area contributed by atoms with Crippen LogP contribution in [0.4, 0.5) is 14.5 Å². The number of hydrogen-bond donors (Lipinski definition) is 4. The Hall–Kier alpha value is -3.08. The fourth-order valence-corrected chi connectivity index (χ4v) is 4.62. The lowest BCUT2D eigenvalue weighted by Gasteiger charge is -2.33. The van der Waals surface area contributed by atoms with E-state index in [-0.39, 0.29) is 40.7 Å². The molecule has 1 saturated heterocycles. The van der Waals surface area contributed by atoms with Crippen molar-refractivity contribution in [3.63, 3.8) is 0 Å². The molecule has 4 rings (SSSR count). The van der Waals surface area contributed by atoms with Gasteiger partial charge >= 0.3 is 0 Å². The predicted octanol–water partition coefficient (Wildman–Crippen LogP) is 2.18. The van der Waals surface area contributed by atoms with E-state index in [0.29, 0.717) is 6.42 Å². The van der Waals surface area contributed by atoms with Gasteiger partial charge in [0.1, 0.15) is 0 Å². The summed E-state index contributed by atoms with van der Waals surface area (Å²) in [7, 11) is 0. The molecule has 1 aromatic rings. The lowest BCUT2D eigenvalue weighted by Crippen LogP contribution is -2.49. The quantitative estimate of drug-likeness (QED) is 0.367. The first-order valence-electron chi connectivity index (χ1n) is 11.9. The molecule has 1 heterocycles. The van der Waals surface area contributed by atoms with Crippen molar-refractivity contribution in [1.29, 1.82) is 0 Å². The number of Topliss-reactive ketones (excluding diaryl/α,β-unsaturated/α-hetero) is 1. The number of ketones is 1. The Bertz CT molecular complexity index is 1100. The molecule has 1 aromatic carbocycles. The minimum absolute atomic E-state index is 0.0259. The van der Waals surface area contributed by atoms with E-state index >= 15 is 0 Å². The molecular weight excluding hydrogens is 498 g/mol. The molecule has 4 amide bonds. The third-order valence-corrected chi connectivity index (χ3v) is 6.86. The number of carbonyl (C=O) groups excluding carboxylic acids is 5. The van der Waals surface area contributed by atoms with Crippen LogP contribution in [0.3, 0.4) is 0 Å². The highest BCUT2D eigenvalue weighted by Crippen LogP contribution is 2.43. The van der Waals surface area contributed by atoms with E-state index in [2.05, 4.69) is 21.3 Å². The number of rotatable bonds is 9. The van der Waals surface area contributed by atoms with Gasteiger partial charge in [-0.25, -0.2) is 8.78 Å². The Balaban J connectivity index is 1.51. The topological polar surface area (TPSA) is 133 Å². The number of nitrogens with one attached hydrogen (secondary N) is 4. The Kier molecular flexibility index (Phi) is 7.31. The minimum Gasteiger partial charge on any atom is -0.353 e. The Morgan fingerprint density at radius 2 is 1.89 bits per heavy atom. The molecule has 9 nitrogen and oxygen atoms in total. The number of alkyl halides is 2. The monoisotopic (exact) mass is 524 g/mol. The summed E-state index contributed by atoms with van der Waals surface area (Å²) in [5.74, 6) is -7.84. The molecular formula is C24H27ClF2N4O5. The number of halogens is 3. The molecule has 3 aliphatic rings. The number of amides is 4. The fraction of sp³-hybridized carbons (Fsp3) is 0.542. The van der Waals surface area contributed by atoms with Gasteiger partial charge in [-0.1, -0.05) is 11.6 Å². The maximum absolute atomic E-state index is 13.2. The van der Waals surface area contributed by atoms with Gasteiger partial charge in [0.2, 0.25) is 23.5 Å². The number of hydrogen-bond acceptors (Lipinski definition) is 5. The van der Waals surface area contributed by atoms with Crippen molar-refractivity contribution in [2.45, 2.75) is 69.5 Å². The van der Waals surface area contributed by atoms with Gasteiger partial charge in [-0.15, -0.1) is 0 Å². The lowest BCUT2D eigenvalue weighted by atomic mass is 9.80. The summed E-state index contributed by atoms with van der Waals surface area (Å²) < 4.78 is 26.4. The van der Waals surface area contributed by atoms with Gasteiger partial charge in [0.15, 0.2) is 0 Å². The lowest BCUT2D eigenvalue weighted by molar-refractivity contribution is -0.145. The molecule has 194 valence electrons. The van der Waals surface area contributed by atoms with Gasteiger partial charge in [-0.05, 0) is 50.8 Å². The summed E-state index contributed by atoms with van der Waals surface area (Å²) in [5, 5.41) is 10.5. The second kappa shape index (κ2) is 10.1. The van der Waals surface area contributed by atoms with E-state index in [1.54, 1.807) is 0 Å². The van der Waals surface area contributed by atoms with Gasteiger partial charge in [-0.3, -0.25) is 24.0 Å². The second-order valence-electron chi connectivity index (χ2n) is 9.86. The number of benzene rings is 1. The summed E-state index contributed by atoms with van der Waals surface area (Å²) >= 11 is 6.05. The Morgan fingerprint density at radius 3 is 2.47 bits per heavy atom. The van der Waals surface area contributed by atoms with Gasteiger partial charge in [-0.2, -0.15) is 0 Å². The summed E-state index contributed by atoms with van der Waals surface area (Å²) in [5.41, 5.74) is -0.0791. The first kappa shape index (κ1) is 26.0. The van der Waals surface area contributed by atoms with Crippen LogP contribution in [0.2, 0.25) is 5.02 Å². The standard InChI is InChI=1S/C24H27ClF2N4O5/c1-11-6-12(20(33)28-11)7-18(19(32)23(36)29-15-3-4-15)31-22(35)16-8-14(25)2-5-17(16)30-21(34)13-9-24(26,27)10-13/h2,5,8,11-13,15,18H,3-4,6-7,9-10H2,1H3,(H,28,33)(H,29,36)(H,30,34)(H,31,35)/t11-,12+,18?/m1/s1. The van der Waals surface area contributed by atoms with Crippen LogP contribution in [0, 0.1) is 11.8 Å². The third kappa shape index (κ3) is 6.18. The molecule has 4 N–H and O–H groups in total. The highest BCUT2D eigenvalue weighted by molar-refractivity contribution is 6.38. The summed E-state index contributed by atoms with van der Waals surface area (Å²) in [6.45, 7) is 1.81. The van der Waals surface area contributed by atoms with Gasteiger partial charge in [0.25, 0.3) is 11.8 Å². The van der Waals surface area contributed by atoms with Gasteiger partial charge < -0.3 is 21.3 Å². The smallest absolute Gasteiger partial charge is 0.289 e. The number of anilines is 1. The molecule has 2 saturated carbocycles. The molecule has 12 heteroatoms. The van der Waals surface area contributed by atoms with Crippen LogP contribution < -0.4 is 21.3 Å². The van der Waals surface area contributed by atoms with Crippen molar-refractivity contribution in [2.24, 2.45) is 11.8 Å². The van der Waals surface area contributed by atoms with E-state index in [4.69, 9.17) is 11.6 Å². The van der Waals surface area contributed by atoms with Crippen molar-refractivity contribution in [2.75, 3.05) is 5.32 Å². The summed E-state index contributed by atoms with van der Waals surface area (Å²) in [4.78, 5) is 63.3. The van der Waals surface area contributed by atoms with Crippen molar-refractivity contribution in [3.05, 3.63) is 28.8 Å². The summed E-state index contributed by atoms with van der Waals surface area (Å²) in [6.07, 6.45) is 0.713.